The van der Waals surface area contributed by atoms with Gasteiger partial charge in [-0.1, -0.05) is 30.1 Å². The van der Waals surface area contributed by atoms with Crippen LogP contribution in [0.2, 0.25) is 0 Å². The van der Waals surface area contributed by atoms with Crippen molar-refractivity contribution in [2.45, 2.75) is 0 Å². The fourth-order valence-electron chi connectivity index (χ4n) is 0.651. The summed E-state index contributed by atoms with van der Waals surface area (Å²) in [6.07, 6.45) is 6.89. The molecule has 0 aromatic rings. The van der Waals surface area contributed by atoms with Crippen LogP contribution in [0, 0.1) is 0 Å². The first kappa shape index (κ1) is 6.11. The summed E-state index contributed by atoms with van der Waals surface area (Å²) in [5.41, 5.74) is 0.581. The smallest absolute Gasteiger partial charge is 0.0547 e. The predicted molar refractivity (Wildman–Crippen MR) is 32.4 cm³/mol. The Kier molecular flexibility index (Phi) is 1.70. The Hall–Kier alpha value is -1.02. The second-order valence-electron chi connectivity index (χ2n) is 1.75. The fourth-order valence-corrected chi connectivity index (χ4v) is 0.651. The third-order valence-electron chi connectivity index (χ3n) is 1.13. The van der Waals surface area contributed by atoms with Crippen molar-refractivity contribution in [2.75, 3.05) is 6.61 Å². The van der Waals surface area contributed by atoms with Gasteiger partial charge in [-0.25, -0.2) is 0 Å². The van der Waals surface area contributed by atoms with E-state index in [1.165, 1.54) is 0 Å². The highest BCUT2D eigenvalue weighted by atomic mass is 16.3. The molecule has 1 aliphatic rings. The molecule has 1 rings (SSSR count). The summed E-state index contributed by atoms with van der Waals surface area (Å²) in [7, 11) is 0. The van der Waals surface area contributed by atoms with E-state index in [9.17, 15) is 5.11 Å². The zero-order valence-electron chi connectivity index (χ0n) is 4.87. The lowest BCUT2D eigenvalue weighted by molar-refractivity contribution is -0.311. The van der Waals surface area contributed by atoms with E-state index in [4.69, 9.17) is 5.11 Å². The van der Waals surface area contributed by atoms with Crippen LogP contribution in [0.1, 0.15) is 0 Å². The number of hydrogen-bond donors (Lipinski definition) is 1. The molecular weight excluding hydrogens is 116 g/mol. The molecule has 0 aromatic heterocycles. The normalized spacial score (nSPS) is 15.0. The van der Waals surface area contributed by atoms with E-state index in [1.54, 1.807) is 24.3 Å². The zero-order chi connectivity index (χ0) is 6.69. The van der Waals surface area contributed by atoms with E-state index < -0.39 is 6.61 Å². The van der Waals surface area contributed by atoms with Crippen LogP contribution < -0.4 is 5.11 Å². The number of allylic oxidation sites excluding steroid dienone is 5. The van der Waals surface area contributed by atoms with Crippen LogP contribution in [0.4, 0.5) is 0 Å². The van der Waals surface area contributed by atoms with Crippen LogP contribution in [0.3, 0.4) is 0 Å². The van der Waals surface area contributed by atoms with Gasteiger partial charge in [0.15, 0.2) is 0 Å². The Bertz CT molecular complexity index is 173. The van der Waals surface area contributed by atoms with Gasteiger partial charge >= 0.3 is 0 Å². The lowest BCUT2D eigenvalue weighted by Crippen LogP contribution is -2.09. The molecule has 0 atom stereocenters. The monoisotopic (exact) mass is 123 g/mol. The molecule has 0 saturated heterocycles. The van der Waals surface area contributed by atoms with Crippen molar-refractivity contribution in [3.63, 3.8) is 0 Å². The third kappa shape index (κ3) is 1.21. The average Bonchev–Trinajstić information content (AvgIpc) is 2.37. The van der Waals surface area contributed by atoms with Crippen LogP contribution in [0.5, 0.6) is 0 Å². The van der Waals surface area contributed by atoms with Crippen LogP contribution in [-0.4, -0.2) is 11.7 Å². The first-order chi connectivity index (χ1) is 4.34. The minimum atomic E-state index is -0.399. The van der Waals surface area contributed by atoms with Crippen LogP contribution in [0.25, 0.3) is 0 Å². The summed E-state index contributed by atoms with van der Waals surface area (Å²) in [5.74, 6) is -0.222. The minimum absolute atomic E-state index is 0.222. The van der Waals surface area contributed by atoms with Gasteiger partial charge in [0.1, 0.15) is 0 Å². The van der Waals surface area contributed by atoms with Crippen molar-refractivity contribution in [3.8, 4) is 0 Å². The summed E-state index contributed by atoms with van der Waals surface area (Å²) >= 11 is 0. The highest BCUT2D eigenvalue weighted by Gasteiger charge is 1.90. The van der Waals surface area contributed by atoms with E-state index in [0.29, 0.717) is 5.57 Å². The lowest BCUT2D eigenvalue weighted by atomic mass is 10.2. The predicted octanol–water partition coefficient (Wildman–Crippen LogP) is -0.281. The van der Waals surface area contributed by atoms with E-state index in [-0.39, 0.29) is 5.76 Å². The summed E-state index contributed by atoms with van der Waals surface area (Å²) in [6, 6.07) is 0. The van der Waals surface area contributed by atoms with Gasteiger partial charge in [0.05, 0.1) is 6.61 Å². The molecule has 9 heavy (non-hydrogen) atoms. The van der Waals surface area contributed by atoms with Gasteiger partial charge < -0.3 is 10.2 Å². The molecule has 0 heterocycles. The minimum Gasteiger partial charge on any atom is -0.873 e. The summed E-state index contributed by atoms with van der Waals surface area (Å²) in [6.45, 7) is -0.399. The van der Waals surface area contributed by atoms with Crippen molar-refractivity contribution in [3.05, 3.63) is 35.6 Å². The topological polar surface area (TPSA) is 43.3 Å². The molecule has 0 fully saturated rings. The van der Waals surface area contributed by atoms with Gasteiger partial charge in [-0.15, -0.1) is 0 Å². The van der Waals surface area contributed by atoms with Crippen LogP contribution >= 0.6 is 0 Å². The van der Waals surface area contributed by atoms with Gasteiger partial charge in [0.2, 0.25) is 0 Å². The van der Waals surface area contributed by atoms with Crippen LogP contribution in [-0.2, 0) is 0 Å². The summed E-state index contributed by atoms with van der Waals surface area (Å²) < 4.78 is 0. The van der Waals surface area contributed by atoms with Gasteiger partial charge in [0.25, 0.3) is 0 Å². The Morgan fingerprint density at radius 2 is 2.00 bits per heavy atom. The number of aliphatic hydroxyl groups excluding tert-OH is 1. The van der Waals surface area contributed by atoms with Crippen molar-refractivity contribution in [1.82, 2.24) is 0 Å². The van der Waals surface area contributed by atoms with Gasteiger partial charge in [-0.05, 0) is 5.57 Å². The maximum atomic E-state index is 10.6. The average molecular weight is 123 g/mol. The lowest BCUT2D eigenvalue weighted by Gasteiger charge is -2.08. The summed E-state index contributed by atoms with van der Waals surface area (Å²) in [5, 5.41) is 19.0. The molecule has 2 nitrogen and oxygen atoms in total. The SMILES string of the molecule is [O-]C(CO)=C1C=CC=C1. The molecule has 1 N–H and O–H groups in total. The molecule has 2 heteroatoms. The first-order valence-electron chi connectivity index (χ1n) is 2.70. The third-order valence-corrected chi connectivity index (χ3v) is 1.13. The molecule has 0 aromatic carbocycles. The Morgan fingerprint density at radius 1 is 1.44 bits per heavy atom. The maximum Gasteiger partial charge on any atom is 0.0547 e. The molecule has 0 spiro atoms. The second-order valence-corrected chi connectivity index (χ2v) is 1.75. The molecule has 48 valence electrons. The quantitative estimate of drug-likeness (QED) is 0.487. The van der Waals surface area contributed by atoms with Gasteiger partial charge in [-0.2, -0.15) is 0 Å². The van der Waals surface area contributed by atoms with Crippen molar-refractivity contribution < 1.29 is 10.2 Å². The van der Waals surface area contributed by atoms with Gasteiger partial charge in [-0.3, -0.25) is 0 Å². The molecule has 1 aliphatic carbocycles. The van der Waals surface area contributed by atoms with E-state index >= 15 is 0 Å². The largest absolute Gasteiger partial charge is 0.873 e. The second kappa shape index (κ2) is 2.51. The number of hydrogen-bond acceptors (Lipinski definition) is 2. The Morgan fingerprint density at radius 3 is 2.44 bits per heavy atom. The van der Waals surface area contributed by atoms with E-state index in [2.05, 4.69) is 0 Å². The van der Waals surface area contributed by atoms with Crippen molar-refractivity contribution >= 4 is 0 Å². The molecule has 0 radical (unpaired) electrons. The number of rotatable bonds is 1. The van der Waals surface area contributed by atoms with E-state index in [1.807, 2.05) is 0 Å². The summed E-state index contributed by atoms with van der Waals surface area (Å²) in [4.78, 5) is 0. The Labute approximate surface area is 53.4 Å². The first-order valence-corrected chi connectivity index (χ1v) is 2.70. The molecule has 0 bridgehead atoms. The zero-order valence-corrected chi connectivity index (χ0v) is 4.87. The highest BCUT2D eigenvalue weighted by molar-refractivity contribution is 5.41. The molecular formula is C7H7O2-. The number of aliphatic hydroxyl groups is 1. The van der Waals surface area contributed by atoms with Crippen LogP contribution in [0.15, 0.2) is 35.6 Å². The molecule has 0 unspecified atom stereocenters. The molecule has 0 aliphatic heterocycles. The van der Waals surface area contributed by atoms with Crippen molar-refractivity contribution in [1.29, 1.82) is 0 Å². The highest BCUT2D eigenvalue weighted by Crippen LogP contribution is 2.08. The maximum absolute atomic E-state index is 10.6. The fraction of sp³-hybridized carbons (Fsp3) is 0.143. The standard InChI is InChI=1S/C7H8O2/c8-5-7(9)6-3-1-2-4-6/h1-4,8-9H,5H2/p-1. The van der Waals surface area contributed by atoms with Crippen molar-refractivity contribution in [2.24, 2.45) is 0 Å². The van der Waals surface area contributed by atoms with E-state index in [0.717, 1.165) is 0 Å². The Balaban J connectivity index is 2.81. The molecule has 0 saturated carbocycles. The molecule has 0 amide bonds. The van der Waals surface area contributed by atoms with Gasteiger partial charge in [0, 0.05) is 0 Å².